The molecule has 1 unspecified atom stereocenters. The highest BCUT2D eigenvalue weighted by atomic mass is 16.7. The molecule has 0 aliphatic carbocycles. The van der Waals surface area contributed by atoms with Crippen LogP contribution < -0.4 is 0 Å². The second kappa shape index (κ2) is 6.39. The van der Waals surface area contributed by atoms with E-state index in [1.165, 1.54) is 0 Å². The first kappa shape index (κ1) is 13.6. The van der Waals surface area contributed by atoms with Crippen LogP contribution in [0.2, 0.25) is 0 Å². The summed E-state index contributed by atoms with van der Waals surface area (Å²) >= 11 is 0. The van der Waals surface area contributed by atoms with Crippen LogP contribution in [0.5, 0.6) is 0 Å². The van der Waals surface area contributed by atoms with Crippen molar-refractivity contribution >= 4 is 6.16 Å². The lowest BCUT2D eigenvalue weighted by molar-refractivity contribution is 0.0513. The van der Waals surface area contributed by atoms with E-state index in [0.717, 1.165) is 11.1 Å². The fourth-order valence-corrected chi connectivity index (χ4v) is 1.95. The summed E-state index contributed by atoms with van der Waals surface area (Å²) in [5.74, 6) is 0. The highest BCUT2D eigenvalue weighted by molar-refractivity contribution is 5.57. The van der Waals surface area contributed by atoms with Crippen molar-refractivity contribution in [2.24, 2.45) is 0 Å². The van der Waals surface area contributed by atoms with E-state index < -0.39 is 12.3 Å². The number of ether oxygens (including phenoxy) is 1. The lowest BCUT2D eigenvalue weighted by atomic mass is 10.0. The van der Waals surface area contributed by atoms with E-state index in [0.29, 0.717) is 12.0 Å². The second-order valence-corrected chi connectivity index (χ2v) is 4.30. The van der Waals surface area contributed by atoms with Crippen LogP contribution in [0.3, 0.4) is 0 Å². The van der Waals surface area contributed by atoms with Crippen LogP contribution in [0.25, 0.3) is 0 Å². The van der Waals surface area contributed by atoms with Gasteiger partial charge in [-0.1, -0.05) is 42.5 Å². The molecule has 2 aromatic carbocycles. The minimum absolute atomic E-state index is 0.457. The van der Waals surface area contributed by atoms with Crippen molar-refractivity contribution < 1.29 is 14.6 Å². The van der Waals surface area contributed by atoms with E-state index in [9.17, 15) is 4.79 Å². The molecule has 0 aromatic heterocycles. The highest BCUT2D eigenvalue weighted by Gasteiger charge is 2.16. The molecule has 0 amide bonds. The monoisotopic (exact) mass is 267 g/mol. The van der Waals surface area contributed by atoms with Crippen LogP contribution >= 0.6 is 0 Å². The molecule has 0 spiro atoms. The van der Waals surface area contributed by atoms with Crippen molar-refractivity contribution in [3.8, 4) is 6.07 Å². The number of hydrogen-bond donors (Lipinski definition) is 1. The van der Waals surface area contributed by atoms with Gasteiger partial charge in [0.05, 0.1) is 11.6 Å². The Morgan fingerprint density at radius 1 is 1.15 bits per heavy atom. The molecular weight excluding hydrogens is 254 g/mol. The van der Waals surface area contributed by atoms with Gasteiger partial charge in [-0.15, -0.1) is 0 Å². The average molecular weight is 267 g/mol. The third-order valence-electron chi connectivity index (χ3n) is 2.92. The molecule has 0 heterocycles. The maximum Gasteiger partial charge on any atom is 0.506 e. The Labute approximate surface area is 116 Å². The van der Waals surface area contributed by atoms with Crippen molar-refractivity contribution in [1.29, 1.82) is 5.26 Å². The molecule has 0 aliphatic rings. The average Bonchev–Trinajstić information content (AvgIpc) is 2.47. The minimum Gasteiger partial charge on any atom is -0.450 e. The number of rotatable bonds is 4. The fourth-order valence-electron chi connectivity index (χ4n) is 1.95. The molecule has 0 saturated carbocycles. The smallest absolute Gasteiger partial charge is 0.450 e. The molecule has 0 radical (unpaired) electrons. The summed E-state index contributed by atoms with van der Waals surface area (Å²) in [5.41, 5.74) is 2.25. The van der Waals surface area contributed by atoms with Crippen LogP contribution in [0, 0.1) is 11.3 Å². The van der Waals surface area contributed by atoms with Gasteiger partial charge in [0.15, 0.2) is 0 Å². The van der Waals surface area contributed by atoms with Gasteiger partial charge in [-0.2, -0.15) is 5.26 Å². The van der Waals surface area contributed by atoms with Crippen molar-refractivity contribution in [3.05, 3.63) is 71.3 Å². The van der Waals surface area contributed by atoms with Gasteiger partial charge in [-0.25, -0.2) is 4.79 Å². The van der Waals surface area contributed by atoms with Crippen LogP contribution in [0.1, 0.15) is 22.8 Å². The van der Waals surface area contributed by atoms with Gasteiger partial charge in [0.2, 0.25) is 0 Å². The summed E-state index contributed by atoms with van der Waals surface area (Å²) in [7, 11) is 0. The topological polar surface area (TPSA) is 70.3 Å². The molecule has 4 nitrogen and oxygen atoms in total. The van der Waals surface area contributed by atoms with Gasteiger partial charge in [0, 0.05) is 6.42 Å². The third kappa shape index (κ3) is 3.59. The number of carbonyl (C=O) groups is 1. The lowest BCUT2D eigenvalue weighted by Gasteiger charge is -2.16. The largest absolute Gasteiger partial charge is 0.506 e. The molecule has 1 atom stereocenters. The van der Waals surface area contributed by atoms with Gasteiger partial charge in [-0.05, 0) is 23.3 Å². The number of nitriles is 1. The number of hydrogen-bond acceptors (Lipinski definition) is 3. The van der Waals surface area contributed by atoms with E-state index in [1.54, 1.807) is 24.3 Å². The molecule has 1 N–H and O–H groups in total. The predicted octanol–water partition coefficient (Wildman–Crippen LogP) is 3.54. The maximum atomic E-state index is 10.8. The summed E-state index contributed by atoms with van der Waals surface area (Å²) in [4.78, 5) is 10.8. The Hall–Kier alpha value is -2.80. The molecule has 0 aliphatic heterocycles. The normalized spacial score (nSPS) is 11.3. The molecule has 2 rings (SSSR count). The number of benzene rings is 2. The van der Waals surface area contributed by atoms with Gasteiger partial charge >= 0.3 is 6.16 Å². The summed E-state index contributed by atoms with van der Waals surface area (Å²) in [6, 6.07) is 18.3. The van der Waals surface area contributed by atoms with Crippen LogP contribution in [-0.2, 0) is 11.2 Å². The zero-order valence-corrected chi connectivity index (χ0v) is 10.7. The molecule has 20 heavy (non-hydrogen) atoms. The van der Waals surface area contributed by atoms with Crippen molar-refractivity contribution in [2.75, 3.05) is 0 Å². The molecule has 2 aromatic rings. The number of nitrogens with zero attached hydrogens (tertiary/aromatic N) is 1. The predicted molar refractivity (Wildman–Crippen MR) is 73.2 cm³/mol. The minimum atomic E-state index is -1.31. The Bertz CT molecular complexity index is 614. The SMILES string of the molecule is N#Cc1ccc(C(Cc2ccccc2)OC(=O)O)cc1. The van der Waals surface area contributed by atoms with Gasteiger partial charge in [0.1, 0.15) is 6.10 Å². The summed E-state index contributed by atoms with van der Waals surface area (Å²) < 4.78 is 4.95. The fraction of sp³-hybridized carbons (Fsp3) is 0.125. The third-order valence-corrected chi connectivity index (χ3v) is 2.92. The van der Waals surface area contributed by atoms with E-state index in [2.05, 4.69) is 0 Å². The maximum absolute atomic E-state index is 10.8. The first-order valence-electron chi connectivity index (χ1n) is 6.12. The van der Waals surface area contributed by atoms with Crippen molar-refractivity contribution in [3.63, 3.8) is 0 Å². The molecule has 0 bridgehead atoms. The van der Waals surface area contributed by atoms with E-state index in [-0.39, 0.29) is 0 Å². The Morgan fingerprint density at radius 2 is 1.80 bits per heavy atom. The van der Waals surface area contributed by atoms with Gasteiger partial charge < -0.3 is 9.84 Å². The van der Waals surface area contributed by atoms with Crippen LogP contribution in [0.15, 0.2) is 54.6 Å². The van der Waals surface area contributed by atoms with Gasteiger partial charge in [0.25, 0.3) is 0 Å². The lowest BCUT2D eigenvalue weighted by Crippen LogP contribution is -2.12. The van der Waals surface area contributed by atoms with Crippen LogP contribution in [-0.4, -0.2) is 11.3 Å². The molecular formula is C16H13NO3. The zero-order chi connectivity index (χ0) is 14.4. The molecule has 0 saturated heterocycles. The standard InChI is InChI=1S/C16H13NO3/c17-11-13-6-8-14(9-7-13)15(20-16(18)19)10-12-4-2-1-3-5-12/h1-9,15H,10H2,(H,18,19). The Balaban J connectivity index is 2.22. The Kier molecular flexibility index (Phi) is 4.35. The molecule has 100 valence electrons. The van der Waals surface area contributed by atoms with Crippen molar-refractivity contribution in [1.82, 2.24) is 0 Å². The zero-order valence-electron chi connectivity index (χ0n) is 10.7. The molecule has 4 heteroatoms. The quantitative estimate of drug-likeness (QED) is 0.860. The summed E-state index contributed by atoms with van der Waals surface area (Å²) in [6.45, 7) is 0. The van der Waals surface area contributed by atoms with Crippen LogP contribution in [0.4, 0.5) is 4.79 Å². The summed E-state index contributed by atoms with van der Waals surface area (Å²) in [5, 5.41) is 17.6. The number of carboxylic acid groups (broad SMARTS) is 1. The van der Waals surface area contributed by atoms with Crippen molar-refractivity contribution in [2.45, 2.75) is 12.5 Å². The van der Waals surface area contributed by atoms with E-state index in [4.69, 9.17) is 15.1 Å². The molecule has 0 fully saturated rings. The summed E-state index contributed by atoms with van der Waals surface area (Å²) in [6.07, 6.45) is -1.43. The first-order valence-corrected chi connectivity index (χ1v) is 6.12. The second-order valence-electron chi connectivity index (χ2n) is 4.30. The first-order chi connectivity index (χ1) is 9.69. The van der Waals surface area contributed by atoms with E-state index >= 15 is 0 Å². The Morgan fingerprint density at radius 3 is 2.35 bits per heavy atom. The van der Waals surface area contributed by atoms with E-state index in [1.807, 2.05) is 36.4 Å². The highest BCUT2D eigenvalue weighted by Crippen LogP contribution is 2.23. The van der Waals surface area contributed by atoms with Gasteiger partial charge in [-0.3, -0.25) is 0 Å².